The minimum absolute atomic E-state index is 0.451. The van der Waals surface area contributed by atoms with Crippen LogP contribution in [0.25, 0.3) is 0 Å². The molecule has 0 atom stereocenters. The van der Waals surface area contributed by atoms with Crippen molar-refractivity contribution in [3.63, 3.8) is 0 Å². The predicted octanol–water partition coefficient (Wildman–Crippen LogP) is 11.3. The van der Waals surface area contributed by atoms with E-state index >= 15 is 0 Å². The maximum atomic E-state index is 6.08. The van der Waals surface area contributed by atoms with Crippen LogP contribution in [-0.2, 0) is 0 Å². The Labute approximate surface area is 348 Å². The standard InChI is InChI=1S/C50H40N2O6S/c1-53-43-23-15-39(16-24-43)51(40-17-25-44(54-2)26-18-40)37-11-5-35(6-12-37)9-31-47-49-50(58-34-33-57-49)48(59-47)32-10-36-7-13-38(14-8-36)52(41-19-27-45(55-3)28-20-41)42-21-29-46(56-4)30-22-42/h5-8,11-30H,33-34H2,1-4H3. The number of fused-ring (bicyclic) bond motifs is 1. The molecule has 0 spiro atoms. The Hall–Kier alpha value is -7.46. The van der Waals surface area contributed by atoms with Crippen molar-refractivity contribution >= 4 is 45.5 Å². The van der Waals surface area contributed by atoms with E-state index in [4.69, 9.17) is 28.4 Å². The van der Waals surface area contributed by atoms with Gasteiger partial charge in [0.25, 0.3) is 0 Å². The molecule has 0 unspecified atom stereocenters. The molecule has 0 saturated carbocycles. The zero-order valence-electron chi connectivity index (χ0n) is 33.0. The molecule has 9 heteroatoms. The fraction of sp³-hybridized carbons (Fsp3) is 0.120. The summed E-state index contributed by atoms with van der Waals surface area (Å²) in [6.07, 6.45) is 0. The maximum absolute atomic E-state index is 6.08. The number of nitrogens with zero attached hydrogens (tertiary/aromatic N) is 2. The van der Waals surface area contributed by atoms with Crippen LogP contribution in [0.5, 0.6) is 34.5 Å². The third kappa shape index (κ3) is 8.62. The van der Waals surface area contributed by atoms with Crippen LogP contribution < -0.4 is 38.2 Å². The highest BCUT2D eigenvalue weighted by Gasteiger charge is 2.23. The number of hydrogen-bond acceptors (Lipinski definition) is 9. The van der Waals surface area contributed by atoms with Crippen molar-refractivity contribution < 1.29 is 28.4 Å². The van der Waals surface area contributed by atoms with E-state index in [1.165, 1.54) is 11.3 Å². The van der Waals surface area contributed by atoms with E-state index in [2.05, 4.69) is 57.7 Å². The van der Waals surface area contributed by atoms with Crippen LogP contribution in [0, 0.1) is 23.7 Å². The number of benzene rings is 6. The summed E-state index contributed by atoms with van der Waals surface area (Å²) in [4.78, 5) is 5.90. The summed E-state index contributed by atoms with van der Waals surface area (Å²) in [5, 5.41) is 0. The first-order chi connectivity index (χ1) is 29.0. The number of anilines is 6. The monoisotopic (exact) mass is 796 g/mol. The predicted molar refractivity (Wildman–Crippen MR) is 236 cm³/mol. The van der Waals surface area contributed by atoms with Gasteiger partial charge in [-0.3, -0.25) is 0 Å². The molecule has 8 rings (SSSR count). The molecule has 0 N–H and O–H groups in total. The van der Waals surface area contributed by atoms with Gasteiger partial charge in [0.15, 0.2) is 11.5 Å². The van der Waals surface area contributed by atoms with Crippen molar-refractivity contribution in [2.24, 2.45) is 0 Å². The van der Waals surface area contributed by atoms with Crippen molar-refractivity contribution in [3.8, 4) is 58.2 Å². The highest BCUT2D eigenvalue weighted by Crippen LogP contribution is 2.44. The molecular formula is C50H40N2O6S. The summed E-state index contributed by atoms with van der Waals surface area (Å²) < 4.78 is 33.8. The van der Waals surface area contributed by atoms with Gasteiger partial charge >= 0.3 is 0 Å². The Bertz CT molecular complexity index is 2350. The van der Waals surface area contributed by atoms with Gasteiger partial charge in [0.2, 0.25) is 0 Å². The Morgan fingerprint density at radius 2 is 0.627 bits per heavy atom. The smallest absolute Gasteiger partial charge is 0.189 e. The zero-order chi connectivity index (χ0) is 40.6. The lowest BCUT2D eigenvalue weighted by Crippen LogP contribution is -2.15. The average molecular weight is 797 g/mol. The highest BCUT2D eigenvalue weighted by atomic mass is 32.1. The van der Waals surface area contributed by atoms with Gasteiger partial charge in [-0.25, -0.2) is 0 Å². The maximum Gasteiger partial charge on any atom is 0.189 e. The van der Waals surface area contributed by atoms with Crippen LogP contribution in [0.3, 0.4) is 0 Å². The molecule has 0 saturated heterocycles. The molecule has 8 nitrogen and oxygen atoms in total. The molecule has 1 aromatic heterocycles. The number of thiophene rings is 1. The third-order valence-electron chi connectivity index (χ3n) is 9.61. The summed E-state index contributed by atoms with van der Waals surface area (Å²) in [5.74, 6) is 17.8. The quantitative estimate of drug-likeness (QED) is 0.127. The number of rotatable bonds is 10. The zero-order valence-corrected chi connectivity index (χ0v) is 33.8. The molecule has 0 radical (unpaired) electrons. The molecular weight excluding hydrogens is 757 g/mol. The molecule has 292 valence electrons. The highest BCUT2D eigenvalue weighted by molar-refractivity contribution is 7.13. The second-order valence-electron chi connectivity index (χ2n) is 13.2. The van der Waals surface area contributed by atoms with E-state index in [9.17, 15) is 0 Å². The largest absolute Gasteiger partial charge is 0.497 e. The third-order valence-corrected chi connectivity index (χ3v) is 10.6. The molecule has 0 fully saturated rings. The van der Waals surface area contributed by atoms with Gasteiger partial charge in [0.05, 0.1) is 28.4 Å². The van der Waals surface area contributed by atoms with Gasteiger partial charge < -0.3 is 38.2 Å². The lowest BCUT2D eigenvalue weighted by molar-refractivity contribution is 0.172. The second kappa shape index (κ2) is 17.8. The van der Waals surface area contributed by atoms with E-state index < -0.39 is 0 Å². The van der Waals surface area contributed by atoms with Crippen LogP contribution in [0.4, 0.5) is 34.1 Å². The lowest BCUT2D eigenvalue weighted by Gasteiger charge is -2.25. The summed E-state index contributed by atoms with van der Waals surface area (Å²) in [6, 6.07) is 48.3. The van der Waals surface area contributed by atoms with Crippen LogP contribution in [0.15, 0.2) is 146 Å². The van der Waals surface area contributed by atoms with Crippen LogP contribution >= 0.6 is 11.3 Å². The Kier molecular flexibility index (Phi) is 11.6. The van der Waals surface area contributed by atoms with Crippen LogP contribution in [-0.4, -0.2) is 41.7 Å². The van der Waals surface area contributed by atoms with Gasteiger partial charge in [-0.1, -0.05) is 11.8 Å². The van der Waals surface area contributed by atoms with Crippen molar-refractivity contribution in [3.05, 3.63) is 166 Å². The fourth-order valence-electron chi connectivity index (χ4n) is 6.58. The summed E-state index contributed by atoms with van der Waals surface area (Å²) in [5.41, 5.74) is 7.66. The van der Waals surface area contributed by atoms with Gasteiger partial charge in [0, 0.05) is 45.3 Å². The molecule has 0 bridgehead atoms. The Morgan fingerprint density at radius 1 is 0.373 bits per heavy atom. The van der Waals surface area contributed by atoms with Crippen LogP contribution in [0.1, 0.15) is 20.9 Å². The molecule has 6 aromatic carbocycles. The van der Waals surface area contributed by atoms with Crippen LogP contribution in [0.2, 0.25) is 0 Å². The molecule has 1 aliphatic rings. The van der Waals surface area contributed by atoms with E-state index in [0.29, 0.717) is 24.7 Å². The van der Waals surface area contributed by atoms with E-state index in [1.54, 1.807) is 28.4 Å². The summed E-state index contributed by atoms with van der Waals surface area (Å²) >= 11 is 1.48. The number of ether oxygens (including phenoxy) is 6. The van der Waals surface area contributed by atoms with Gasteiger partial charge in [-0.05, 0) is 157 Å². The lowest BCUT2D eigenvalue weighted by atomic mass is 10.1. The molecule has 7 aromatic rings. The average Bonchev–Trinajstić information content (AvgIpc) is 3.66. The molecule has 1 aliphatic heterocycles. The summed E-state index contributed by atoms with van der Waals surface area (Å²) in [6.45, 7) is 0.903. The minimum Gasteiger partial charge on any atom is -0.497 e. The van der Waals surface area contributed by atoms with Gasteiger partial charge in [-0.2, -0.15) is 0 Å². The fourth-order valence-corrected chi connectivity index (χ4v) is 7.48. The molecule has 0 amide bonds. The first-order valence-corrected chi connectivity index (χ1v) is 19.7. The first-order valence-electron chi connectivity index (χ1n) is 18.9. The SMILES string of the molecule is COc1ccc(N(c2ccc(C#Cc3sc(C#Cc4ccc(N(c5ccc(OC)cc5)c5ccc(OC)cc5)cc4)c4c3OCCO4)cc2)c2ccc(OC)cc2)cc1. The number of methoxy groups -OCH3 is 4. The van der Waals surface area contributed by atoms with Crippen molar-refractivity contribution in [2.75, 3.05) is 51.5 Å². The van der Waals surface area contributed by atoms with Gasteiger partial charge in [0.1, 0.15) is 46.0 Å². The second-order valence-corrected chi connectivity index (χ2v) is 14.2. The topological polar surface area (TPSA) is 61.9 Å². The molecule has 0 aliphatic carbocycles. The van der Waals surface area contributed by atoms with E-state index in [-0.39, 0.29) is 0 Å². The Morgan fingerprint density at radius 3 is 0.881 bits per heavy atom. The Balaban J connectivity index is 1.04. The molecule has 2 heterocycles. The van der Waals surface area contributed by atoms with Crippen molar-refractivity contribution in [1.82, 2.24) is 0 Å². The first kappa shape index (κ1) is 38.4. The van der Waals surface area contributed by atoms with E-state index in [1.807, 2.05) is 121 Å². The normalized spacial score (nSPS) is 11.3. The van der Waals surface area contributed by atoms with E-state index in [0.717, 1.165) is 78.0 Å². The van der Waals surface area contributed by atoms with Crippen molar-refractivity contribution in [1.29, 1.82) is 0 Å². The number of hydrogen-bond donors (Lipinski definition) is 0. The van der Waals surface area contributed by atoms with Crippen molar-refractivity contribution in [2.45, 2.75) is 0 Å². The molecule has 59 heavy (non-hydrogen) atoms. The van der Waals surface area contributed by atoms with Gasteiger partial charge in [-0.15, -0.1) is 11.3 Å². The minimum atomic E-state index is 0.451. The summed E-state index contributed by atoms with van der Waals surface area (Å²) in [7, 11) is 6.66.